The molecular weight excluding hydrogens is 219 g/mol. The maximum Gasteiger partial charge on any atom is 0.129 e. The van der Waals surface area contributed by atoms with E-state index in [1.54, 1.807) is 18.5 Å². The summed E-state index contributed by atoms with van der Waals surface area (Å²) >= 11 is 0. The SMILES string of the molecule is Fc1ccc(Oc2ccc3[nH]cnc3c2)cc1. The molecule has 0 fully saturated rings. The molecule has 84 valence electrons. The van der Waals surface area contributed by atoms with Crippen LogP contribution in [0.4, 0.5) is 4.39 Å². The highest BCUT2D eigenvalue weighted by atomic mass is 19.1. The summed E-state index contributed by atoms with van der Waals surface area (Å²) in [5, 5.41) is 0. The molecule has 17 heavy (non-hydrogen) atoms. The number of aromatic amines is 1. The Kier molecular flexibility index (Phi) is 2.26. The van der Waals surface area contributed by atoms with Gasteiger partial charge in [0.05, 0.1) is 17.4 Å². The average Bonchev–Trinajstić information content (AvgIpc) is 2.79. The number of hydrogen-bond donors (Lipinski definition) is 1. The first-order valence-electron chi connectivity index (χ1n) is 5.18. The second-order valence-corrected chi connectivity index (χ2v) is 3.64. The van der Waals surface area contributed by atoms with Crippen LogP contribution in [0.3, 0.4) is 0 Å². The van der Waals surface area contributed by atoms with Gasteiger partial charge in [-0.15, -0.1) is 0 Å². The molecular formula is C13H9FN2O. The minimum absolute atomic E-state index is 0.278. The molecule has 1 N–H and O–H groups in total. The monoisotopic (exact) mass is 228 g/mol. The molecule has 3 aromatic rings. The maximum atomic E-state index is 12.7. The fraction of sp³-hybridized carbons (Fsp3) is 0. The zero-order chi connectivity index (χ0) is 11.7. The number of nitrogens with one attached hydrogen (secondary N) is 1. The highest BCUT2D eigenvalue weighted by Gasteiger charge is 2.01. The van der Waals surface area contributed by atoms with Gasteiger partial charge in [-0.2, -0.15) is 0 Å². The molecule has 3 rings (SSSR count). The lowest BCUT2D eigenvalue weighted by Gasteiger charge is -2.04. The van der Waals surface area contributed by atoms with E-state index in [1.165, 1.54) is 12.1 Å². The van der Waals surface area contributed by atoms with Crippen LogP contribution in [-0.2, 0) is 0 Å². The summed E-state index contributed by atoms with van der Waals surface area (Å²) in [5.74, 6) is 0.998. The van der Waals surface area contributed by atoms with Gasteiger partial charge in [-0.3, -0.25) is 0 Å². The zero-order valence-corrected chi connectivity index (χ0v) is 8.85. The molecule has 0 atom stereocenters. The first kappa shape index (κ1) is 9.84. The van der Waals surface area contributed by atoms with Crippen molar-refractivity contribution < 1.29 is 9.13 Å². The summed E-state index contributed by atoms with van der Waals surface area (Å²) < 4.78 is 18.3. The van der Waals surface area contributed by atoms with E-state index in [0.717, 1.165) is 11.0 Å². The Morgan fingerprint density at radius 1 is 1.00 bits per heavy atom. The van der Waals surface area contributed by atoms with Gasteiger partial charge in [0.2, 0.25) is 0 Å². The van der Waals surface area contributed by atoms with Crippen LogP contribution in [0.25, 0.3) is 11.0 Å². The van der Waals surface area contributed by atoms with Crippen molar-refractivity contribution in [3.8, 4) is 11.5 Å². The normalized spacial score (nSPS) is 10.6. The second kappa shape index (κ2) is 3.90. The fourth-order valence-electron chi connectivity index (χ4n) is 1.61. The minimum Gasteiger partial charge on any atom is -0.457 e. The lowest BCUT2D eigenvalue weighted by Crippen LogP contribution is -1.84. The van der Waals surface area contributed by atoms with Gasteiger partial charge in [-0.05, 0) is 36.4 Å². The van der Waals surface area contributed by atoms with Gasteiger partial charge in [0.15, 0.2) is 0 Å². The van der Waals surface area contributed by atoms with E-state index in [4.69, 9.17) is 4.74 Å². The predicted octanol–water partition coefficient (Wildman–Crippen LogP) is 3.49. The molecule has 0 aliphatic rings. The molecule has 4 heteroatoms. The molecule has 1 aromatic heterocycles. The second-order valence-electron chi connectivity index (χ2n) is 3.64. The number of nitrogens with zero attached hydrogens (tertiary/aromatic N) is 1. The van der Waals surface area contributed by atoms with Crippen LogP contribution in [-0.4, -0.2) is 9.97 Å². The number of H-pyrrole nitrogens is 1. The Bertz CT molecular complexity index is 646. The number of hydrogen-bond acceptors (Lipinski definition) is 2. The van der Waals surface area contributed by atoms with E-state index in [9.17, 15) is 4.39 Å². The standard InChI is InChI=1S/C13H9FN2O/c14-9-1-3-10(4-2-9)17-11-5-6-12-13(7-11)16-8-15-12/h1-8H,(H,15,16). The van der Waals surface area contributed by atoms with Gasteiger partial charge in [0.25, 0.3) is 0 Å². The van der Waals surface area contributed by atoms with Crippen LogP contribution >= 0.6 is 0 Å². The lowest BCUT2D eigenvalue weighted by molar-refractivity contribution is 0.481. The van der Waals surface area contributed by atoms with E-state index in [1.807, 2.05) is 18.2 Å². The molecule has 1 heterocycles. The van der Waals surface area contributed by atoms with Crippen LogP contribution in [0.1, 0.15) is 0 Å². The Morgan fingerprint density at radius 3 is 2.59 bits per heavy atom. The van der Waals surface area contributed by atoms with Gasteiger partial charge < -0.3 is 9.72 Å². The van der Waals surface area contributed by atoms with Gasteiger partial charge in [-0.25, -0.2) is 9.37 Å². The number of imidazole rings is 1. The topological polar surface area (TPSA) is 37.9 Å². The van der Waals surface area contributed by atoms with E-state index in [-0.39, 0.29) is 5.82 Å². The largest absolute Gasteiger partial charge is 0.457 e. The summed E-state index contributed by atoms with van der Waals surface area (Å²) in [6.45, 7) is 0. The molecule has 0 aliphatic carbocycles. The molecule has 0 saturated carbocycles. The summed E-state index contributed by atoms with van der Waals surface area (Å²) in [7, 11) is 0. The van der Waals surface area contributed by atoms with Crippen molar-refractivity contribution >= 4 is 11.0 Å². The Hall–Kier alpha value is -2.36. The van der Waals surface area contributed by atoms with Crippen LogP contribution in [0, 0.1) is 5.82 Å². The van der Waals surface area contributed by atoms with E-state index >= 15 is 0 Å². The quantitative estimate of drug-likeness (QED) is 0.729. The van der Waals surface area contributed by atoms with Crippen LogP contribution < -0.4 is 4.74 Å². The van der Waals surface area contributed by atoms with Crippen molar-refractivity contribution in [2.75, 3.05) is 0 Å². The van der Waals surface area contributed by atoms with E-state index < -0.39 is 0 Å². The van der Waals surface area contributed by atoms with Crippen molar-refractivity contribution in [1.82, 2.24) is 9.97 Å². The van der Waals surface area contributed by atoms with Crippen molar-refractivity contribution in [2.45, 2.75) is 0 Å². The smallest absolute Gasteiger partial charge is 0.129 e. The maximum absolute atomic E-state index is 12.7. The first-order valence-corrected chi connectivity index (χ1v) is 5.18. The summed E-state index contributed by atoms with van der Waals surface area (Å²) in [6.07, 6.45) is 1.63. The Labute approximate surface area is 96.9 Å². The number of halogens is 1. The molecule has 3 nitrogen and oxygen atoms in total. The number of ether oxygens (including phenoxy) is 1. The highest BCUT2D eigenvalue weighted by molar-refractivity contribution is 5.76. The molecule has 0 spiro atoms. The molecule has 0 aliphatic heterocycles. The van der Waals surface area contributed by atoms with E-state index in [2.05, 4.69) is 9.97 Å². The summed E-state index contributed by atoms with van der Waals surface area (Å²) in [5.41, 5.74) is 1.79. The van der Waals surface area contributed by atoms with Crippen LogP contribution in [0.15, 0.2) is 48.8 Å². The minimum atomic E-state index is -0.278. The third kappa shape index (κ3) is 1.97. The predicted molar refractivity (Wildman–Crippen MR) is 62.6 cm³/mol. The van der Waals surface area contributed by atoms with E-state index in [0.29, 0.717) is 11.5 Å². The van der Waals surface area contributed by atoms with Gasteiger partial charge in [0.1, 0.15) is 17.3 Å². The summed E-state index contributed by atoms with van der Waals surface area (Å²) in [4.78, 5) is 7.14. The third-order valence-electron chi connectivity index (χ3n) is 2.44. The van der Waals surface area contributed by atoms with Crippen molar-refractivity contribution in [3.05, 3.63) is 54.6 Å². The molecule has 0 saturated heterocycles. The first-order chi connectivity index (χ1) is 8.31. The zero-order valence-electron chi connectivity index (χ0n) is 8.85. The third-order valence-corrected chi connectivity index (χ3v) is 2.44. The Morgan fingerprint density at radius 2 is 1.76 bits per heavy atom. The number of fused-ring (bicyclic) bond motifs is 1. The lowest BCUT2D eigenvalue weighted by atomic mass is 10.3. The van der Waals surface area contributed by atoms with Gasteiger partial charge in [0, 0.05) is 6.07 Å². The highest BCUT2D eigenvalue weighted by Crippen LogP contribution is 2.24. The molecule has 0 amide bonds. The average molecular weight is 228 g/mol. The van der Waals surface area contributed by atoms with Crippen molar-refractivity contribution in [2.24, 2.45) is 0 Å². The number of benzene rings is 2. The van der Waals surface area contributed by atoms with Crippen LogP contribution in [0.5, 0.6) is 11.5 Å². The molecule has 0 unspecified atom stereocenters. The van der Waals surface area contributed by atoms with Crippen molar-refractivity contribution in [3.63, 3.8) is 0 Å². The molecule has 0 radical (unpaired) electrons. The van der Waals surface area contributed by atoms with Gasteiger partial charge >= 0.3 is 0 Å². The number of aromatic nitrogens is 2. The molecule has 2 aromatic carbocycles. The summed E-state index contributed by atoms with van der Waals surface area (Å²) in [6, 6.07) is 11.5. The Balaban J connectivity index is 1.91. The van der Waals surface area contributed by atoms with Crippen LogP contribution in [0.2, 0.25) is 0 Å². The van der Waals surface area contributed by atoms with Crippen molar-refractivity contribution in [1.29, 1.82) is 0 Å². The number of rotatable bonds is 2. The molecule has 0 bridgehead atoms. The fourth-order valence-corrected chi connectivity index (χ4v) is 1.61. The van der Waals surface area contributed by atoms with Gasteiger partial charge in [-0.1, -0.05) is 0 Å².